The highest BCUT2D eigenvalue weighted by molar-refractivity contribution is 7.07. The van der Waals surface area contributed by atoms with Crippen molar-refractivity contribution < 1.29 is 9.53 Å². The summed E-state index contributed by atoms with van der Waals surface area (Å²) >= 11 is 1.16. The average molecular weight is 375 g/mol. The Hall–Kier alpha value is -2.33. The van der Waals surface area contributed by atoms with Gasteiger partial charge in [0.1, 0.15) is 4.88 Å². The minimum Gasteiger partial charge on any atom is -0.378 e. The molecule has 0 radical (unpaired) electrons. The molecule has 0 spiro atoms. The number of carbonyl (C=O) groups excluding carboxylic acids is 1. The Morgan fingerprint density at radius 3 is 2.54 bits per heavy atom. The molecule has 0 aromatic carbocycles. The molecule has 2 aromatic heterocycles. The Bertz CT molecular complexity index is 769. The van der Waals surface area contributed by atoms with Crippen LogP contribution in [-0.4, -0.2) is 83.1 Å². The van der Waals surface area contributed by atoms with Crippen molar-refractivity contribution in [1.82, 2.24) is 24.7 Å². The predicted octanol–water partition coefficient (Wildman–Crippen LogP) is 0.436. The van der Waals surface area contributed by atoms with E-state index in [1.807, 2.05) is 11.8 Å². The molecular formula is C16H21N7O2S. The molecule has 4 heterocycles. The highest BCUT2D eigenvalue weighted by Gasteiger charge is 2.26. The van der Waals surface area contributed by atoms with Gasteiger partial charge in [-0.05, 0) is 18.5 Å². The van der Waals surface area contributed by atoms with Crippen molar-refractivity contribution in [3.63, 3.8) is 0 Å². The number of piperazine rings is 1. The number of morpholine rings is 1. The van der Waals surface area contributed by atoms with Crippen molar-refractivity contribution in [1.29, 1.82) is 0 Å². The summed E-state index contributed by atoms with van der Waals surface area (Å²) in [6, 6.07) is 2.08. The van der Waals surface area contributed by atoms with Gasteiger partial charge in [0.05, 0.1) is 30.8 Å². The van der Waals surface area contributed by atoms with E-state index < -0.39 is 0 Å². The standard InChI is InChI=1S/C16H21N7O2S/c1-12-15(26-20-18-12)16(24)23-4-2-22(3-5-23)14-10-13(11-17-19-14)21-6-8-25-9-7-21/h10-11H,2-9H2,1H3. The SMILES string of the molecule is Cc1nnsc1C(=O)N1CCN(c2cc(N3CCOCC3)cnn2)CC1. The molecule has 2 aromatic rings. The number of amides is 1. The summed E-state index contributed by atoms with van der Waals surface area (Å²) in [5, 5.41) is 12.4. The molecule has 1 amide bonds. The first-order valence-electron chi connectivity index (χ1n) is 8.71. The summed E-state index contributed by atoms with van der Waals surface area (Å²) < 4.78 is 9.26. The van der Waals surface area contributed by atoms with Gasteiger partial charge in [0.15, 0.2) is 5.82 Å². The van der Waals surface area contributed by atoms with Crippen molar-refractivity contribution >= 4 is 28.9 Å². The highest BCUT2D eigenvalue weighted by Crippen LogP contribution is 2.22. The molecule has 2 fully saturated rings. The second-order valence-corrected chi connectivity index (χ2v) is 7.09. The van der Waals surface area contributed by atoms with Crippen LogP contribution in [0.3, 0.4) is 0 Å². The lowest BCUT2D eigenvalue weighted by molar-refractivity contribution is 0.0750. The topological polar surface area (TPSA) is 87.6 Å². The molecular weight excluding hydrogens is 354 g/mol. The number of rotatable bonds is 3. The monoisotopic (exact) mass is 375 g/mol. The molecule has 0 atom stereocenters. The third-order valence-electron chi connectivity index (χ3n) is 4.74. The van der Waals surface area contributed by atoms with E-state index in [1.54, 1.807) is 6.20 Å². The van der Waals surface area contributed by atoms with Crippen molar-refractivity contribution in [2.45, 2.75) is 6.92 Å². The second-order valence-electron chi connectivity index (χ2n) is 6.34. The van der Waals surface area contributed by atoms with Gasteiger partial charge in [-0.3, -0.25) is 4.79 Å². The van der Waals surface area contributed by atoms with Crippen LogP contribution in [0.2, 0.25) is 0 Å². The van der Waals surface area contributed by atoms with Crippen LogP contribution in [0.4, 0.5) is 11.5 Å². The van der Waals surface area contributed by atoms with E-state index in [0.717, 1.165) is 62.4 Å². The van der Waals surface area contributed by atoms with Crippen LogP contribution in [0.5, 0.6) is 0 Å². The Balaban J connectivity index is 1.40. The first kappa shape index (κ1) is 17.1. The van der Waals surface area contributed by atoms with Gasteiger partial charge in [0.25, 0.3) is 5.91 Å². The number of aryl methyl sites for hydroxylation is 1. The van der Waals surface area contributed by atoms with Gasteiger partial charge in [-0.2, -0.15) is 5.10 Å². The Kier molecular flexibility index (Phi) is 4.93. The summed E-state index contributed by atoms with van der Waals surface area (Å²) in [5.41, 5.74) is 1.77. The number of aromatic nitrogens is 4. The van der Waals surface area contributed by atoms with Crippen molar-refractivity contribution in [2.24, 2.45) is 0 Å². The van der Waals surface area contributed by atoms with E-state index in [4.69, 9.17) is 4.74 Å². The minimum absolute atomic E-state index is 0.0188. The number of hydrogen-bond acceptors (Lipinski definition) is 9. The molecule has 10 heteroatoms. The lowest BCUT2D eigenvalue weighted by atomic mass is 10.2. The number of hydrogen-bond donors (Lipinski definition) is 0. The van der Waals surface area contributed by atoms with E-state index >= 15 is 0 Å². The molecule has 4 rings (SSSR count). The summed E-state index contributed by atoms with van der Waals surface area (Å²) in [7, 11) is 0. The van der Waals surface area contributed by atoms with Crippen LogP contribution in [0.15, 0.2) is 12.3 Å². The Morgan fingerprint density at radius 1 is 1.08 bits per heavy atom. The lowest BCUT2D eigenvalue weighted by Crippen LogP contribution is -2.49. The number of carbonyl (C=O) groups is 1. The van der Waals surface area contributed by atoms with E-state index in [0.29, 0.717) is 23.7 Å². The van der Waals surface area contributed by atoms with Gasteiger partial charge in [0, 0.05) is 45.3 Å². The smallest absolute Gasteiger partial charge is 0.267 e. The normalized spacial score (nSPS) is 18.3. The molecule has 0 N–H and O–H groups in total. The Labute approximate surface area is 155 Å². The first-order valence-corrected chi connectivity index (χ1v) is 9.48. The summed E-state index contributed by atoms with van der Waals surface area (Å²) in [6.07, 6.45) is 1.80. The largest absolute Gasteiger partial charge is 0.378 e. The zero-order chi connectivity index (χ0) is 17.9. The molecule has 0 unspecified atom stereocenters. The molecule has 2 saturated heterocycles. The van der Waals surface area contributed by atoms with E-state index in [1.165, 1.54) is 0 Å². The quantitative estimate of drug-likeness (QED) is 0.764. The first-order chi connectivity index (χ1) is 12.7. The Morgan fingerprint density at radius 2 is 1.85 bits per heavy atom. The third-order valence-corrected chi connectivity index (χ3v) is 5.56. The molecule has 9 nitrogen and oxygen atoms in total. The number of nitrogens with zero attached hydrogens (tertiary/aromatic N) is 7. The minimum atomic E-state index is 0.0188. The maximum Gasteiger partial charge on any atom is 0.267 e. The second kappa shape index (κ2) is 7.50. The summed E-state index contributed by atoms with van der Waals surface area (Å²) in [5.74, 6) is 0.877. The van der Waals surface area contributed by atoms with Gasteiger partial charge in [-0.15, -0.1) is 10.2 Å². The molecule has 26 heavy (non-hydrogen) atoms. The van der Waals surface area contributed by atoms with Crippen LogP contribution in [0.1, 0.15) is 15.4 Å². The zero-order valence-electron chi connectivity index (χ0n) is 14.7. The average Bonchev–Trinajstić information content (AvgIpc) is 3.14. The number of anilines is 2. The van der Waals surface area contributed by atoms with Crippen LogP contribution >= 0.6 is 11.5 Å². The molecule has 0 aliphatic carbocycles. The van der Waals surface area contributed by atoms with Gasteiger partial charge in [0.2, 0.25) is 0 Å². The molecule has 2 aliphatic heterocycles. The van der Waals surface area contributed by atoms with Gasteiger partial charge in [-0.25, -0.2) is 0 Å². The van der Waals surface area contributed by atoms with Crippen LogP contribution < -0.4 is 9.80 Å². The van der Waals surface area contributed by atoms with Gasteiger partial charge in [-0.1, -0.05) is 4.49 Å². The fraction of sp³-hybridized carbons (Fsp3) is 0.562. The lowest BCUT2D eigenvalue weighted by Gasteiger charge is -2.35. The maximum absolute atomic E-state index is 12.6. The fourth-order valence-electron chi connectivity index (χ4n) is 3.20. The van der Waals surface area contributed by atoms with Crippen LogP contribution in [-0.2, 0) is 4.74 Å². The molecule has 138 valence electrons. The molecule has 0 saturated carbocycles. The van der Waals surface area contributed by atoms with Gasteiger partial charge < -0.3 is 19.4 Å². The van der Waals surface area contributed by atoms with Crippen molar-refractivity contribution in [3.05, 3.63) is 22.8 Å². The van der Waals surface area contributed by atoms with Crippen molar-refractivity contribution in [3.8, 4) is 0 Å². The summed E-state index contributed by atoms with van der Waals surface area (Å²) in [6.45, 7) is 7.81. The van der Waals surface area contributed by atoms with Crippen molar-refractivity contribution in [2.75, 3.05) is 62.3 Å². The molecule has 2 aliphatic rings. The predicted molar refractivity (Wildman–Crippen MR) is 97.8 cm³/mol. The summed E-state index contributed by atoms with van der Waals surface area (Å²) in [4.78, 5) is 19.5. The number of ether oxygens (including phenoxy) is 1. The fourth-order valence-corrected chi connectivity index (χ4v) is 3.83. The highest BCUT2D eigenvalue weighted by atomic mass is 32.1. The molecule has 0 bridgehead atoms. The van der Waals surface area contributed by atoms with Crippen LogP contribution in [0, 0.1) is 6.92 Å². The zero-order valence-corrected chi connectivity index (χ0v) is 15.5. The van der Waals surface area contributed by atoms with Crippen LogP contribution in [0.25, 0.3) is 0 Å². The maximum atomic E-state index is 12.6. The van der Waals surface area contributed by atoms with E-state index in [-0.39, 0.29) is 5.91 Å². The van der Waals surface area contributed by atoms with Gasteiger partial charge >= 0.3 is 0 Å². The third kappa shape index (κ3) is 3.47. The van der Waals surface area contributed by atoms with E-state index in [2.05, 4.69) is 35.7 Å². The van der Waals surface area contributed by atoms with E-state index in [9.17, 15) is 4.79 Å².